The molecule has 0 saturated carbocycles. The molecule has 0 amide bonds. The first-order chi connectivity index (χ1) is 10.5. The zero-order valence-corrected chi connectivity index (χ0v) is 14.3. The van der Waals surface area contributed by atoms with Crippen LogP contribution in [0.2, 0.25) is 0 Å². The molecule has 23 heavy (non-hydrogen) atoms. The Morgan fingerprint density at radius 2 is 1.87 bits per heavy atom. The molecule has 125 valence electrons. The van der Waals surface area contributed by atoms with Crippen LogP contribution in [0.5, 0.6) is 0 Å². The molecule has 0 aromatic carbocycles. The van der Waals surface area contributed by atoms with Crippen molar-refractivity contribution in [2.24, 2.45) is 10.6 Å². The second-order valence-electron chi connectivity index (χ2n) is 6.14. The Bertz CT molecular complexity index is 643. The third-order valence-corrected chi connectivity index (χ3v) is 3.19. The number of esters is 2. The van der Waals surface area contributed by atoms with Crippen LogP contribution in [0, 0.1) is 5.41 Å². The number of nitrogens with two attached hydrogens (primary N) is 1. The maximum Gasteiger partial charge on any atom is 0.360 e. The standard InChI is InChI=1S/C14H18N3O5S/c1-13(2,3)10(19)21-11(20)14(4,5)22-17-8(6-18)9-7-23-12(15)16-9/h7H,1-5H3,(H2,15,16). The summed E-state index contributed by atoms with van der Waals surface area (Å²) >= 11 is 1.11. The molecule has 0 aliphatic rings. The number of anilines is 1. The molecule has 1 aromatic heterocycles. The third kappa shape index (κ3) is 5.13. The van der Waals surface area contributed by atoms with Gasteiger partial charge in [-0.1, -0.05) is 5.16 Å². The Labute approximate surface area is 137 Å². The van der Waals surface area contributed by atoms with Gasteiger partial charge >= 0.3 is 11.9 Å². The number of nitrogens with zero attached hydrogens (tertiary/aromatic N) is 2. The fourth-order valence-corrected chi connectivity index (χ4v) is 1.62. The van der Waals surface area contributed by atoms with Crippen molar-refractivity contribution < 1.29 is 24.0 Å². The van der Waals surface area contributed by atoms with Crippen molar-refractivity contribution >= 4 is 40.4 Å². The highest BCUT2D eigenvalue weighted by Gasteiger charge is 2.37. The quantitative estimate of drug-likeness (QED) is 0.372. The van der Waals surface area contributed by atoms with Gasteiger partial charge in [-0.25, -0.2) is 9.78 Å². The topological polar surface area (TPSA) is 121 Å². The largest absolute Gasteiger partial charge is 0.390 e. The van der Waals surface area contributed by atoms with Crippen LogP contribution in [0.1, 0.15) is 40.3 Å². The molecule has 0 spiro atoms. The average Bonchev–Trinajstić information content (AvgIpc) is 2.84. The van der Waals surface area contributed by atoms with Gasteiger partial charge in [0.15, 0.2) is 10.8 Å². The van der Waals surface area contributed by atoms with E-state index in [-0.39, 0.29) is 16.5 Å². The molecule has 0 fully saturated rings. The van der Waals surface area contributed by atoms with Crippen LogP contribution in [0.25, 0.3) is 0 Å². The number of rotatable bonds is 5. The minimum absolute atomic E-state index is 0.178. The molecule has 0 atom stereocenters. The molecule has 9 heteroatoms. The van der Waals surface area contributed by atoms with E-state index in [9.17, 15) is 14.4 Å². The first-order valence-electron chi connectivity index (χ1n) is 6.60. The molecule has 0 saturated heterocycles. The van der Waals surface area contributed by atoms with Gasteiger partial charge in [0.1, 0.15) is 5.69 Å². The van der Waals surface area contributed by atoms with Crippen molar-refractivity contribution in [3.63, 3.8) is 0 Å². The molecule has 1 aromatic rings. The predicted molar refractivity (Wildman–Crippen MR) is 84.5 cm³/mol. The van der Waals surface area contributed by atoms with E-state index in [1.807, 2.05) is 0 Å². The van der Waals surface area contributed by atoms with Crippen LogP contribution >= 0.6 is 11.3 Å². The smallest absolute Gasteiger partial charge is 0.360 e. The molecule has 8 nitrogen and oxygen atoms in total. The molecule has 0 aliphatic carbocycles. The lowest BCUT2D eigenvalue weighted by Gasteiger charge is -2.22. The minimum atomic E-state index is -1.58. The van der Waals surface area contributed by atoms with E-state index in [4.69, 9.17) is 15.3 Å². The van der Waals surface area contributed by atoms with Gasteiger partial charge in [0.2, 0.25) is 5.60 Å². The van der Waals surface area contributed by atoms with Gasteiger partial charge in [0.05, 0.1) is 5.41 Å². The number of nitrogen functional groups attached to an aromatic ring is 1. The van der Waals surface area contributed by atoms with Crippen LogP contribution in [0.4, 0.5) is 5.13 Å². The molecule has 1 heterocycles. The maximum atomic E-state index is 12.0. The van der Waals surface area contributed by atoms with E-state index in [0.717, 1.165) is 11.3 Å². The predicted octanol–water partition coefficient (Wildman–Crippen LogP) is 1.45. The highest BCUT2D eigenvalue weighted by atomic mass is 32.1. The summed E-state index contributed by atoms with van der Waals surface area (Å²) in [6, 6.07) is 0. The average molecular weight is 340 g/mol. The number of thiazole rings is 1. The van der Waals surface area contributed by atoms with Crippen LogP contribution in [-0.4, -0.2) is 34.5 Å². The van der Waals surface area contributed by atoms with Crippen molar-refractivity contribution in [1.82, 2.24) is 4.98 Å². The van der Waals surface area contributed by atoms with Crippen LogP contribution in [0.3, 0.4) is 0 Å². The molecule has 1 rings (SSSR count). The number of hydrogen-bond donors (Lipinski definition) is 1. The second kappa shape index (κ2) is 6.86. The van der Waals surface area contributed by atoms with Crippen molar-refractivity contribution in [2.45, 2.75) is 40.2 Å². The summed E-state index contributed by atoms with van der Waals surface area (Å²) in [6.45, 7) is 7.54. The molecule has 2 N–H and O–H groups in total. The summed E-state index contributed by atoms with van der Waals surface area (Å²) < 4.78 is 4.75. The number of carbonyl (C=O) groups excluding carboxylic acids is 3. The fourth-order valence-electron chi connectivity index (χ4n) is 1.07. The van der Waals surface area contributed by atoms with Gasteiger partial charge in [-0.05, 0) is 34.6 Å². The summed E-state index contributed by atoms with van der Waals surface area (Å²) in [5.74, 6) is -1.62. The Kier molecular flexibility index (Phi) is 5.60. The van der Waals surface area contributed by atoms with E-state index < -0.39 is 23.0 Å². The van der Waals surface area contributed by atoms with Crippen molar-refractivity contribution in [1.29, 1.82) is 0 Å². The molecule has 0 aliphatic heterocycles. The lowest BCUT2D eigenvalue weighted by atomic mass is 9.97. The second-order valence-corrected chi connectivity index (χ2v) is 7.03. The minimum Gasteiger partial charge on any atom is -0.390 e. The van der Waals surface area contributed by atoms with E-state index in [1.54, 1.807) is 27.1 Å². The van der Waals surface area contributed by atoms with Gasteiger partial charge in [-0.2, -0.15) is 0 Å². The van der Waals surface area contributed by atoms with Gasteiger partial charge in [-0.15, -0.1) is 11.3 Å². The first-order valence-corrected chi connectivity index (χ1v) is 7.47. The number of carbonyl (C=O) groups is 2. The summed E-state index contributed by atoms with van der Waals surface area (Å²) in [7, 11) is 0. The summed E-state index contributed by atoms with van der Waals surface area (Å²) in [6.07, 6.45) is 1.55. The SMILES string of the molecule is CC(C)(C)C(=O)OC(=O)C(C)(C)ON=C([C]=O)c1csc(N)n1. The lowest BCUT2D eigenvalue weighted by molar-refractivity contribution is -0.180. The highest BCUT2D eigenvalue weighted by Crippen LogP contribution is 2.20. The number of aromatic nitrogens is 1. The van der Waals surface area contributed by atoms with Crippen LogP contribution < -0.4 is 5.73 Å². The molecular weight excluding hydrogens is 322 g/mol. The lowest BCUT2D eigenvalue weighted by Crippen LogP contribution is -2.39. The highest BCUT2D eigenvalue weighted by molar-refractivity contribution is 7.13. The van der Waals surface area contributed by atoms with Crippen LogP contribution in [-0.2, 0) is 24.0 Å². The summed E-state index contributed by atoms with van der Waals surface area (Å²) in [5, 5.41) is 5.30. The number of ether oxygens (including phenoxy) is 1. The van der Waals surface area contributed by atoms with E-state index in [0.29, 0.717) is 0 Å². The maximum absolute atomic E-state index is 12.0. The van der Waals surface area contributed by atoms with Gasteiger partial charge in [0.25, 0.3) is 6.29 Å². The van der Waals surface area contributed by atoms with Crippen molar-refractivity contribution in [3.8, 4) is 0 Å². The van der Waals surface area contributed by atoms with Gasteiger partial charge in [0, 0.05) is 5.38 Å². The van der Waals surface area contributed by atoms with Gasteiger partial charge in [-0.3, -0.25) is 9.59 Å². The number of hydrogen-bond acceptors (Lipinski definition) is 9. The molecule has 0 bridgehead atoms. The van der Waals surface area contributed by atoms with Crippen LogP contribution in [0.15, 0.2) is 10.5 Å². The summed E-state index contributed by atoms with van der Waals surface area (Å²) in [5.41, 5.74) is 2.98. The Morgan fingerprint density at radius 1 is 1.26 bits per heavy atom. The van der Waals surface area contributed by atoms with Gasteiger partial charge < -0.3 is 15.3 Å². The van der Waals surface area contributed by atoms with E-state index in [2.05, 4.69) is 10.1 Å². The van der Waals surface area contributed by atoms with E-state index in [1.165, 1.54) is 19.2 Å². The zero-order chi connectivity index (χ0) is 17.8. The molecule has 1 radical (unpaired) electrons. The Hall–Kier alpha value is -2.29. The first kappa shape index (κ1) is 18.8. The van der Waals surface area contributed by atoms with Crippen molar-refractivity contribution in [3.05, 3.63) is 11.1 Å². The molecular formula is C14H18N3O5S. The fraction of sp³-hybridized carbons (Fsp3) is 0.500. The number of oxime groups is 1. The zero-order valence-electron chi connectivity index (χ0n) is 13.5. The normalized spacial score (nSPS) is 12.7. The summed E-state index contributed by atoms with van der Waals surface area (Å²) in [4.78, 5) is 43.5. The third-order valence-electron chi connectivity index (χ3n) is 2.52. The van der Waals surface area contributed by atoms with E-state index >= 15 is 0 Å². The Balaban J connectivity index is 2.84. The van der Waals surface area contributed by atoms with Crippen molar-refractivity contribution in [2.75, 3.05) is 5.73 Å². The molecule has 0 unspecified atom stereocenters. The monoisotopic (exact) mass is 340 g/mol. The Morgan fingerprint density at radius 3 is 2.30 bits per heavy atom.